The molecule has 2 aliphatic rings. The summed E-state index contributed by atoms with van der Waals surface area (Å²) in [7, 11) is 0. The summed E-state index contributed by atoms with van der Waals surface area (Å²) in [6.07, 6.45) is 7.88. The van der Waals surface area contributed by atoms with Gasteiger partial charge < -0.3 is 24.6 Å². The summed E-state index contributed by atoms with van der Waals surface area (Å²) < 4.78 is 0. The smallest absolute Gasteiger partial charge is 0.343 e. The Hall–Kier alpha value is 0.976. The van der Waals surface area contributed by atoms with Crippen LogP contribution in [-0.2, 0) is 9.59 Å². The van der Waals surface area contributed by atoms with Crippen LogP contribution >= 0.6 is 0 Å². The number of ketones is 2. The number of fused-ring (bicyclic) bond motifs is 1. The van der Waals surface area contributed by atoms with Gasteiger partial charge in [-0.2, -0.15) is 25.7 Å². The zero-order valence-electron chi connectivity index (χ0n) is 15.3. The average molecular weight is 343 g/mol. The summed E-state index contributed by atoms with van der Waals surface area (Å²) in [5.41, 5.74) is -0.111. The first kappa shape index (κ1) is 22.0. The van der Waals surface area contributed by atoms with Crippen molar-refractivity contribution in [3.05, 3.63) is 19.8 Å². The van der Waals surface area contributed by atoms with Crippen LogP contribution in [0.5, 0.6) is 0 Å². The standard InChI is InChI=1S/C20H31O2.K/c1-5-15(21)11-10-14(3)17-12-13-20(4)18(16(17)6-2)8-7-9-19(20)22;/h16-18H,1-2,5-13H2,3-4H3;/q-3;+1. The molecule has 23 heavy (non-hydrogen) atoms. The molecular weight excluding hydrogens is 311 g/mol. The summed E-state index contributed by atoms with van der Waals surface area (Å²) in [5, 5.41) is 0. The molecule has 2 rings (SSSR count). The van der Waals surface area contributed by atoms with Crippen LogP contribution in [-0.4, -0.2) is 11.6 Å². The molecule has 0 N–H and O–H groups in total. The second-order valence-electron chi connectivity index (χ2n) is 7.57. The minimum absolute atomic E-state index is 0. The third kappa shape index (κ3) is 4.78. The van der Waals surface area contributed by atoms with Crippen molar-refractivity contribution < 1.29 is 61.0 Å². The number of carbonyl (C=O) groups excluding carboxylic acids is 2. The van der Waals surface area contributed by atoms with Gasteiger partial charge >= 0.3 is 51.4 Å². The molecular formula is C20H31KO2-2. The zero-order chi connectivity index (χ0) is 16.3. The normalized spacial score (nSPS) is 34.0. The van der Waals surface area contributed by atoms with Gasteiger partial charge in [0.25, 0.3) is 0 Å². The van der Waals surface area contributed by atoms with Gasteiger partial charge in [0.1, 0.15) is 11.6 Å². The molecule has 0 aromatic carbocycles. The van der Waals surface area contributed by atoms with Gasteiger partial charge in [-0.3, -0.25) is 4.79 Å². The molecule has 3 heteroatoms. The molecule has 0 amide bonds. The van der Waals surface area contributed by atoms with Gasteiger partial charge in [0.2, 0.25) is 0 Å². The molecule has 4 unspecified atom stereocenters. The molecule has 0 heterocycles. The summed E-state index contributed by atoms with van der Waals surface area (Å²) in [6, 6.07) is 0. The molecule has 4 atom stereocenters. The number of carbonyl (C=O) groups is 2. The van der Waals surface area contributed by atoms with E-state index in [9.17, 15) is 9.59 Å². The quantitative estimate of drug-likeness (QED) is 0.545. The summed E-state index contributed by atoms with van der Waals surface area (Å²) >= 11 is 0. The van der Waals surface area contributed by atoms with Gasteiger partial charge in [-0.15, -0.1) is 6.42 Å². The number of rotatable bonds is 6. The molecule has 2 fully saturated rings. The van der Waals surface area contributed by atoms with E-state index < -0.39 is 0 Å². The van der Waals surface area contributed by atoms with Crippen molar-refractivity contribution in [2.75, 3.05) is 0 Å². The fourth-order valence-electron chi connectivity index (χ4n) is 4.92. The van der Waals surface area contributed by atoms with Crippen molar-refractivity contribution in [1.82, 2.24) is 0 Å². The Labute approximate surface area is 185 Å². The minimum Gasteiger partial charge on any atom is -0.343 e. The Balaban J connectivity index is 0.00000264. The van der Waals surface area contributed by atoms with Gasteiger partial charge in [0.15, 0.2) is 0 Å². The molecule has 0 aromatic rings. The van der Waals surface area contributed by atoms with Crippen LogP contribution in [0.15, 0.2) is 0 Å². The van der Waals surface area contributed by atoms with E-state index in [1.807, 2.05) is 0 Å². The van der Waals surface area contributed by atoms with Crippen molar-refractivity contribution >= 4 is 11.6 Å². The Morgan fingerprint density at radius 2 is 2.04 bits per heavy atom. The van der Waals surface area contributed by atoms with Crippen molar-refractivity contribution in [1.29, 1.82) is 0 Å². The maximum absolute atomic E-state index is 12.5. The molecule has 2 saturated carbocycles. The first-order valence-electron chi connectivity index (χ1n) is 8.89. The first-order valence-corrected chi connectivity index (χ1v) is 8.89. The molecule has 0 aliphatic heterocycles. The van der Waals surface area contributed by atoms with E-state index in [1.165, 1.54) is 12.3 Å². The second-order valence-corrected chi connectivity index (χ2v) is 7.57. The monoisotopic (exact) mass is 342 g/mol. The Bertz CT molecular complexity index is 420. The maximum Gasteiger partial charge on any atom is 1.00 e. The molecule has 2 nitrogen and oxygen atoms in total. The second kappa shape index (κ2) is 9.61. The summed E-state index contributed by atoms with van der Waals surface area (Å²) in [5.74, 6) is 3.71. The molecule has 126 valence electrons. The van der Waals surface area contributed by atoms with E-state index in [2.05, 4.69) is 27.7 Å². The summed E-state index contributed by atoms with van der Waals surface area (Å²) in [6.45, 7) is 12.3. The van der Waals surface area contributed by atoms with Gasteiger partial charge in [-0.05, 0) is 31.6 Å². The Morgan fingerprint density at radius 1 is 1.35 bits per heavy atom. The predicted molar refractivity (Wildman–Crippen MR) is 89.8 cm³/mol. The van der Waals surface area contributed by atoms with E-state index in [-0.39, 0.29) is 62.6 Å². The number of hydrogen-bond donors (Lipinski definition) is 0. The van der Waals surface area contributed by atoms with Crippen LogP contribution in [0.4, 0.5) is 0 Å². The van der Waals surface area contributed by atoms with Gasteiger partial charge in [-0.1, -0.05) is 19.3 Å². The maximum atomic E-state index is 12.5. The largest absolute Gasteiger partial charge is 1.00 e. The molecule has 0 aromatic heterocycles. The van der Waals surface area contributed by atoms with E-state index in [0.717, 1.165) is 38.5 Å². The van der Waals surface area contributed by atoms with E-state index in [4.69, 9.17) is 0 Å². The van der Waals surface area contributed by atoms with Crippen LogP contribution in [0.25, 0.3) is 0 Å². The number of Topliss-reactive ketones (excluding diaryl/α,β-unsaturated/α-hetero) is 2. The van der Waals surface area contributed by atoms with Crippen molar-refractivity contribution in [2.24, 2.45) is 23.2 Å². The fourth-order valence-corrected chi connectivity index (χ4v) is 4.92. The average Bonchev–Trinajstić information content (AvgIpc) is 2.52. The van der Waals surface area contributed by atoms with E-state index >= 15 is 0 Å². The summed E-state index contributed by atoms with van der Waals surface area (Å²) in [4.78, 5) is 24.0. The van der Waals surface area contributed by atoms with E-state index in [0.29, 0.717) is 36.4 Å². The van der Waals surface area contributed by atoms with E-state index in [1.54, 1.807) is 0 Å². The Morgan fingerprint density at radius 3 is 2.65 bits per heavy atom. The molecule has 0 radical (unpaired) electrons. The molecule has 2 aliphatic carbocycles. The molecule has 0 bridgehead atoms. The van der Waals surface area contributed by atoms with Crippen molar-refractivity contribution in [3.63, 3.8) is 0 Å². The van der Waals surface area contributed by atoms with Gasteiger partial charge in [0, 0.05) is 11.8 Å². The van der Waals surface area contributed by atoms with Crippen LogP contribution in [0.1, 0.15) is 71.6 Å². The third-order valence-corrected chi connectivity index (χ3v) is 6.43. The van der Waals surface area contributed by atoms with Crippen LogP contribution in [0.2, 0.25) is 0 Å². The molecule has 0 spiro atoms. The van der Waals surface area contributed by atoms with Crippen LogP contribution in [0, 0.1) is 42.9 Å². The van der Waals surface area contributed by atoms with Crippen LogP contribution < -0.4 is 51.4 Å². The topological polar surface area (TPSA) is 34.1 Å². The zero-order valence-corrected chi connectivity index (χ0v) is 18.4. The number of hydrogen-bond acceptors (Lipinski definition) is 2. The van der Waals surface area contributed by atoms with Gasteiger partial charge in [-0.25, -0.2) is 0 Å². The van der Waals surface area contributed by atoms with Crippen LogP contribution in [0.3, 0.4) is 0 Å². The molecule has 0 saturated heterocycles. The SMILES string of the molecule is [CH2-]CC(=O)CC[C-](C)C1CCC2(C)C(=O)CCCC2C1C[CH2-].[K+]. The fraction of sp³-hybridized carbons (Fsp3) is 0.750. The first-order chi connectivity index (χ1) is 10.4. The Kier molecular flexibility index (Phi) is 9.20. The van der Waals surface area contributed by atoms with Crippen molar-refractivity contribution in [2.45, 2.75) is 71.6 Å². The van der Waals surface area contributed by atoms with Crippen molar-refractivity contribution in [3.8, 4) is 0 Å². The third-order valence-electron chi connectivity index (χ3n) is 6.43. The minimum atomic E-state index is -0.111. The predicted octanol–water partition coefficient (Wildman–Crippen LogP) is 1.78. The van der Waals surface area contributed by atoms with Gasteiger partial charge in [0.05, 0.1) is 0 Å².